The SMILES string of the molecule is COC(=O)/C=C(/Nc1ccc2nc(-c3cccs3)[nH]c2c1)C(=O)OC. The van der Waals surface area contributed by atoms with E-state index in [1.54, 1.807) is 23.5 Å². The highest BCUT2D eigenvalue weighted by atomic mass is 32.1. The highest BCUT2D eigenvalue weighted by molar-refractivity contribution is 7.13. The molecule has 0 atom stereocenters. The summed E-state index contributed by atoms with van der Waals surface area (Å²) >= 11 is 1.59. The minimum Gasteiger partial charge on any atom is -0.466 e. The van der Waals surface area contributed by atoms with Crippen molar-refractivity contribution in [1.82, 2.24) is 9.97 Å². The van der Waals surface area contributed by atoms with Gasteiger partial charge in [-0.15, -0.1) is 11.3 Å². The number of ether oxygens (including phenoxy) is 2. The van der Waals surface area contributed by atoms with Gasteiger partial charge in [0.15, 0.2) is 0 Å². The first-order valence-electron chi connectivity index (χ1n) is 7.29. The monoisotopic (exact) mass is 357 g/mol. The molecule has 0 aliphatic carbocycles. The van der Waals surface area contributed by atoms with E-state index in [1.165, 1.54) is 14.2 Å². The molecule has 3 rings (SSSR count). The zero-order valence-corrected chi connectivity index (χ0v) is 14.3. The Bertz CT molecular complexity index is 944. The number of H-pyrrole nitrogens is 1. The maximum Gasteiger partial charge on any atom is 0.354 e. The minimum absolute atomic E-state index is 0.0216. The number of thiophene rings is 1. The van der Waals surface area contributed by atoms with E-state index in [1.807, 2.05) is 23.6 Å². The third-order valence-electron chi connectivity index (χ3n) is 3.38. The van der Waals surface area contributed by atoms with Crippen LogP contribution in [0.3, 0.4) is 0 Å². The third-order valence-corrected chi connectivity index (χ3v) is 4.26. The molecule has 8 heteroatoms. The van der Waals surface area contributed by atoms with Crippen molar-refractivity contribution < 1.29 is 19.1 Å². The maximum atomic E-state index is 11.8. The van der Waals surface area contributed by atoms with E-state index in [0.29, 0.717) is 5.69 Å². The van der Waals surface area contributed by atoms with Gasteiger partial charge in [0.05, 0.1) is 36.2 Å². The molecule has 7 nitrogen and oxygen atoms in total. The van der Waals surface area contributed by atoms with Crippen molar-refractivity contribution in [2.45, 2.75) is 0 Å². The van der Waals surface area contributed by atoms with Crippen molar-refractivity contribution in [2.75, 3.05) is 19.5 Å². The van der Waals surface area contributed by atoms with Gasteiger partial charge in [-0.2, -0.15) is 0 Å². The first-order valence-corrected chi connectivity index (χ1v) is 8.17. The summed E-state index contributed by atoms with van der Waals surface area (Å²) in [5.41, 5.74) is 2.18. The topological polar surface area (TPSA) is 93.3 Å². The van der Waals surface area contributed by atoms with Crippen LogP contribution < -0.4 is 5.32 Å². The molecule has 25 heavy (non-hydrogen) atoms. The number of hydrogen-bond acceptors (Lipinski definition) is 7. The molecule has 0 saturated heterocycles. The number of anilines is 1. The molecule has 0 bridgehead atoms. The molecule has 2 heterocycles. The molecular formula is C17H15N3O4S. The zero-order chi connectivity index (χ0) is 17.8. The second kappa shape index (κ2) is 7.18. The quantitative estimate of drug-likeness (QED) is 0.539. The molecule has 0 radical (unpaired) electrons. The maximum absolute atomic E-state index is 11.8. The van der Waals surface area contributed by atoms with Crippen LogP contribution in [-0.4, -0.2) is 36.1 Å². The lowest BCUT2D eigenvalue weighted by molar-refractivity contribution is -0.138. The van der Waals surface area contributed by atoms with Gasteiger partial charge in [0, 0.05) is 5.69 Å². The number of benzene rings is 1. The van der Waals surface area contributed by atoms with Crippen molar-refractivity contribution in [3.63, 3.8) is 0 Å². The Labute approximate surface area is 147 Å². The summed E-state index contributed by atoms with van der Waals surface area (Å²) in [7, 11) is 2.47. The fourth-order valence-electron chi connectivity index (χ4n) is 2.21. The number of nitrogens with zero attached hydrogens (tertiary/aromatic N) is 1. The number of esters is 2. The van der Waals surface area contributed by atoms with E-state index in [0.717, 1.165) is 27.8 Å². The van der Waals surface area contributed by atoms with Crippen molar-refractivity contribution in [2.24, 2.45) is 0 Å². The summed E-state index contributed by atoms with van der Waals surface area (Å²) in [6.45, 7) is 0. The van der Waals surface area contributed by atoms with Crippen LogP contribution >= 0.6 is 11.3 Å². The summed E-state index contributed by atoms with van der Waals surface area (Å²) in [5, 5.41) is 4.85. The Hall–Kier alpha value is -3.13. The van der Waals surface area contributed by atoms with E-state index < -0.39 is 11.9 Å². The first-order chi connectivity index (χ1) is 12.1. The predicted molar refractivity (Wildman–Crippen MR) is 95.1 cm³/mol. The van der Waals surface area contributed by atoms with Crippen molar-refractivity contribution in [1.29, 1.82) is 0 Å². The molecule has 128 valence electrons. The van der Waals surface area contributed by atoms with E-state index in [2.05, 4.69) is 24.8 Å². The summed E-state index contributed by atoms with van der Waals surface area (Å²) in [6, 6.07) is 9.32. The van der Waals surface area contributed by atoms with Crippen LogP contribution in [0.25, 0.3) is 21.7 Å². The van der Waals surface area contributed by atoms with Crippen LogP contribution in [0, 0.1) is 0 Å². The number of rotatable bonds is 5. The molecule has 2 aromatic heterocycles. The molecule has 0 aliphatic heterocycles. The minimum atomic E-state index is -0.672. The molecule has 3 aromatic rings. The fourth-order valence-corrected chi connectivity index (χ4v) is 2.87. The predicted octanol–water partition coefficient (Wildman–Crippen LogP) is 2.93. The molecular weight excluding hydrogens is 342 g/mol. The Morgan fingerprint density at radius 2 is 2.08 bits per heavy atom. The van der Waals surface area contributed by atoms with Crippen molar-refractivity contribution in [3.8, 4) is 10.7 Å². The molecule has 0 amide bonds. The lowest BCUT2D eigenvalue weighted by Gasteiger charge is -2.08. The van der Waals surface area contributed by atoms with Gasteiger partial charge in [-0.05, 0) is 29.6 Å². The van der Waals surface area contributed by atoms with E-state index in [9.17, 15) is 9.59 Å². The Morgan fingerprint density at radius 3 is 2.76 bits per heavy atom. The fraction of sp³-hybridized carbons (Fsp3) is 0.118. The van der Waals surface area contributed by atoms with Gasteiger partial charge >= 0.3 is 11.9 Å². The van der Waals surface area contributed by atoms with Crippen LogP contribution in [0.1, 0.15) is 0 Å². The second-order valence-electron chi connectivity index (χ2n) is 4.99. The van der Waals surface area contributed by atoms with Crippen LogP contribution in [-0.2, 0) is 19.1 Å². The van der Waals surface area contributed by atoms with Crippen LogP contribution in [0.15, 0.2) is 47.5 Å². The van der Waals surface area contributed by atoms with Gasteiger partial charge in [-0.25, -0.2) is 14.6 Å². The number of nitrogens with one attached hydrogen (secondary N) is 2. The molecule has 0 saturated carbocycles. The van der Waals surface area contributed by atoms with Gasteiger partial charge < -0.3 is 19.8 Å². The van der Waals surface area contributed by atoms with E-state index in [4.69, 9.17) is 0 Å². The number of aromatic nitrogens is 2. The molecule has 2 N–H and O–H groups in total. The number of hydrogen-bond donors (Lipinski definition) is 2. The molecule has 0 aliphatic rings. The lowest BCUT2D eigenvalue weighted by Crippen LogP contribution is -2.15. The summed E-state index contributed by atoms with van der Waals surface area (Å²) < 4.78 is 9.22. The van der Waals surface area contributed by atoms with Gasteiger partial charge in [0.2, 0.25) is 0 Å². The molecule has 0 unspecified atom stereocenters. The van der Waals surface area contributed by atoms with Gasteiger partial charge in [0.25, 0.3) is 0 Å². The standard InChI is InChI=1S/C17H15N3O4S/c1-23-15(21)9-13(17(22)24-2)18-10-5-6-11-12(8-10)20-16(19-11)14-4-3-7-25-14/h3-9,18H,1-2H3,(H,19,20)/b13-9+. The number of methoxy groups -OCH3 is 2. The third kappa shape index (κ3) is 3.69. The second-order valence-corrected chi connectivity index (χ2v) is 5.94. The van der Waals surface area contributed by atoms with Crippen molar-refractivity contribution in [3.05, 3.63) is 47.5 Å². The van der Waals surface area contributed by atoms with Gasteiger partial charge in [0.1, 0.15) is 11.5 Å². The summed E-state index contributed by atoms with van der Waals surface area (Å²) in [4.78, 5) is 32.0. The highest BCUT2D eigenvalue weighted by Gasteiger charge is 2.14. The van der Waals surface area contributed by atoms with Crippen molar-refractivity contribution >= 4 is 40.0 Å². The zero-order valence-electron chi connectivity index (χ0n) is 13.5. The number of fused-ring (bicyclic) bond motifs is 1. The number of aromatic amines is 1. The molecule has 0 spiro atoms. The summed E-state index contributed by atoms with van der Waals surface area (Å²) in [5.74, 6) is -0.551. The van der Waals surface area contributed by atoms with Crippen LogP contribution in [0.4, 0.5) is 5.69 Å². The highest BCUT2D eigenvalue weighted by Crippen LogP contribution is 2.26. The average molecular weight is 357 g/mol. The lowest BCUT2D eigenvalue weighted by atomic mass is 10.2. The number of imidazole rings is 1. The number of carbonyl (C=O) groups excluding carboxylic acids is 2. The Kier molecular flexibility index (Phi) is 4.80. The normalized spacial score (nSPS) is 11.4. The average Bonchev–Trinajstić information content (AvgIpc) is 3.28. The number of carbonyl (C=O) groups is 2. The largest absolute Gasteiger partial charge is 0.466 e. The van der Waals surface area contributed by atoms with Gasteiger partial charge in [-0.3, -0.25) is 0 Å². The molecule has 0 fully saturated rings. The van der Waals surface area contributed by atoms with Crippen LogP contribution in [0.2, 0.25) is 0 Å². The van der Waals surface area contributed by atoms with Gasteiger partial charge in [-0.1, -0.05) is 6.07 Å². The van der Waals surface area contributed by atoms with Crippen LogP contribution in [0.5, 0.6) is 0 Å². The van der Waals surface area contributed by atoms with E-state index in [-0.39, 0.29) is 5.70 Å². The molecule has 1 aromatic carbocycles. The summed E-state index contributed by atoms with van der Waals surface area (Å²) in [6.07, 6.45) is 1.04. The van der Waals surface area contributed by atoms with E-state index >= 15 is 0 Å². The Morgan fingerprint density at radius 1 is 1.24 bits per heavy atom. The smallest absolute Gasteiger partial charge is 0.354 e. The Balaban J connectivity index is 1.91. The first kappa shape index (κ1) is 16.7.